The van der Waals surface area contributed by atoms with Crippen LogP contribution in [0, 0.1) is 17.3 Å². The van der Waals surface area contributed by atoms with Gasteiger partial charge in [-0.1, -0.05) is 25.5 Å². The lowest BCUT2D eigenvalue weighted by Crippen LogP contribution is -2.48. The van der Waals surface area contributed by atoms with E-state index in [-0.39, 0.29) is 0 Å². The SMILES string of the molecule is CC1(C)[C@@H]2CC=C(CCN)[C@@H]1C2. The van der Waals surface area contributed by atoms with Gasteiger partial charge < -0.3 is 5.73 Å². The van der Waals surface area contributed by atoms with E-state index in [1.54, 1.807) is 5.57 Å². The van der Waals surface area contributed by atoms with Crippen LogP contribution in [-0.2, 0) is 0 Å². The van der Waals surface area contributed by atoms with Crippen LogP contribution in [0.5, 0.6) is 0 Å². The predicted octanol–water partition coefficient (Wildman–Crippen LogP) is 2.33. The number of hydrogen-bond acceptors (Lipinski definition) is 1. The van der Waals surface area contributed by atoms with Crippen molar-refractivity contribution < 1.29 is 0 Å². The van der Waals surface area contributed by atoms with Crippen molar-refractivity contribution in [2.45, 2.75) is 33.1 Å². The molecule has 1 nitrogen and oxygen atoms in total. The molecule has 3 rings (SSSR count). The standard InChI is InChI=1S/C11H19N/c1-11(2)9-4-3-8(5-6-12)10(11)7-9/h3,9-10H,4-7,12H2,1-2H3/t9-,10+/m1/s1. The maximum Gasteiger partial charge on any atom is -0.00398 e. The molecule has 0 aromatic heterocycles. The largest absolute Gasteiger partial charge is 0.330 e. The zero-order chi connectivity index (χ0) is 8.77. The van der Waals surface area contributed by atoms with Gasteiger partial charge in [-0.15, -0.1) is 0 Å². The summed E-state index contributed by atoms with van der Waals surface area (Å²) in [6, 6.07) is 0. The first kappa shape index (κ1) is 8.31. The molecule has 0 unspecified atom stereocenters. The number of hydrogen-bond donors (Lipinski definition) is 1. The van der Waals surface area contributed by atoms with Gasteiger partial charge in [-0.2, -0.15) is 0 Å². The summed E-state index contributed by atoms with van der Waals surface area (Å²) in [5.74, 6) is 1.82. The van der Waals surface area contributed by atoms with Gasteiger partial charge in [-0.05, 0) is 43.1 Å². The van der Waals surface area contributed by atoms with E-state index in [9.17, 15) is 0 Å². The summed E-state index contributed by atoms with van der Waals surface area (Å²) in [6.45, 7) is 5.65. The lowest BCUT2D eigenvalue weighted by molar-refractivity contribution is -0.00797. The number of allylic oxidation sites excluding steroid dienone is 1. The Bertz CT molecular complexity index is 215. The molecule has 2 atom stereocenters. The van der Waals surface area contributed by atoms with Crippen LogP contribution in [0.2, 0.25) is 0 Å². The van der Waals surface area contributed by atoms with E-state index in [0.29, 0.717) is 5.41 Å². The summed E-state index contributed by atoms with van der Waals surface area (Å²) in [6.07, 6.45) is 6.30. The van der Waals surface area contributed by atoms with Gasteiger partial charge in [-0.3, -0.25) is 0 Å². The highest BCUT2D eigenvalue weighted by atomic mass is 14.6. The van der Waals surface area contributed by atoms with E-state index < -0.39 is 0 Å². The molecule has 0 aromatic rings. The van der Waals surface area contributed by atoms with Crippen molar-refractivity contribution in [2.75, 3.05) is 6.54 Å². The average Bonchev–Trinajstić information content (AvgIpc) is 2.05. The van der Waals surface area contributed by atoms with Gasteiger partial charge in [0.2, 0.25) is 0 Å². The fourth-order valence-electron chi connectivity index (χ4n) is 2.92. The van der Waals surface area contributed by atoms with E-state index in [0.717, 1.165) is 24.8 Å². The molecule has 0 amide bonds. The summed E-state index contributed by atoms with van der Waals surface area (Å²) in [7, 11) is 0. The first-order valence-corrected chi connectivity index (χ1v) is 5.05. The first-order valence-electron chi connectivity index (χ1n) is 5.05. The minimum atomic E-state index is 0.583. The van der Waals surface area contributed by atoms with Crippen LogP contribution in [0.4, 0.5) is 0 Å². The van der Waals surface area contributed by atoms with E-state index in [1.165, 1.54) is 12.8 Å². The summed E-state index contributed by atoms with van der Waals surface area (Å²) in [4.78, 5) is 0. The monoisotopic (exact) mass is 165 g/mol. The zero-order valence-corrected chi connectivity index (χ0v) is 8.14. The van der Waals surface area contributed by atoms with Crippen molar-refractivity contribution in [1.82, 2.24) is 0 Å². The lowest BCUT2D eigenvalue weighted by atomic mass is 9.48. The van der Waals surface area contributed by atoms with Crippen LogP contribution in [-0.4, -0.2) is 6.54 Å². The smallest absolute Gasteiger partial charge is 0.00398 e. The Morgan fingerprint density at radius 2 is 2.33 bits per heavy atom. The van der Waals surface area contributed by atoms with Crippen molar-refractivity contribution in [3.63, 3.8) is 0 Å². The topological polar surface area (TPSA) is 26.0 Å². The molecule has 1 fully saturated rings. The van der Waals surface area contributed by atoms with Gasteiger partial charge in [0.15, 0.2) is 0 Å². The summed E-state index contributed by atoms with van der Waals surface area (Å²) in [5, 5.41) is 0. The van der Waals surface area contributed by atoms with Gasteiger partial charge in [0.05, 0.1) is 0 Å². The van der Waals surface area contributed by atoms with E-state index >= 15 is 0 Å². The van der Waals surface area contributed by atoms with Crippen LogP contribution >= 0.6 is 0 Å². The quantitative estimate of drug-likeness (QED) is 0.624. The highest BCUT2D eigenvalue weighted by Crippen LogP contribution is 2.59. The van der Waals surface area contributed by atoms with Gasteiger partial charge in [0.25, 0.3) is 0 Å². The molecule has 2 bridgehead atoms. The van der Waals surface area contributed by atoms with Crippen LogP contribution in [0.3, 0.4) is 0 Å². The van der Waals surface area contributed by atoms with Gasteiger partial charge in [0, 0.05) is 0 Å². The maximum absolute atomic E-state index is 5.59. The molecule has 3 aliphatic rings. The van der Waals surface area contributed by atoms with Gasteiger partial charge in [0.1, 0.15) is 0 Å². The maximum atomic E-state index is 5.59. The van der Waals surface area contributed by atoms with Gasteiger partial charge in [-0.25, -0.2) is 0 Å². The molecule has 0 aliphatic heterocycles. The van der Waals surface area contributed by atoms with E-state index in [1.807, 2.05) is 0 Å². The Balaban J connectivity index is 2.13. The van der Waals surface area contributed by atoms with E-state index in [4.69, 9.17) is 5.73 Å². The van der Waals surface area contributed by atoms with Crippen LogP contribution < -0.4 is 5.73 Å². The van der Waals surface area contributed by atoms with E-state index in [2.05, 4.69) is 19.9 Å². The molecule has 68 valence electrons. The Morgan fingerprint density at radius 3 is 2.83 bits per heavy atom. The molecule has 2 N–H and O–H groups in total. The molecule has 12 heavy (non-hydrogen) atoms. The van der Waals surface area contributed by atoms with Gasteiger partial charge >= 0.3 is 0 Å². The molecular formula is C11H19N. The highest BCUT2D eigenvalue weighted by molar-refractivity contribution is 5.23. The molecule has 0 spiro atoms. The van der Waals surface area contributed by atoms with Crippen molar-refractivity contribution in [3.05, 3.63) is 11.6 Å². The van der Waals surface area contributed by atoms with Crippen molar-refractivity contribution in [3.8, 4) is 0 Å². The minimum absolute atomic E-state index is 0.583. The third-order valence-corrected chi connectivity index (χ3v) is 4.02. The summed E-state index contributed by atoms with van der Waals surface area (Å²) < 4.78 is 0. The molecular weight excluding hydrogens is 146 g/mol. The number of fused-ring (bicyclic) bond motifs is 1. The lowest BCUT2D eigenvalue weighted by Gasteiger charge is -2.56. The first-order chi connectivity index (χ1) is 5.66. The molecule has 1 saturated carbocycles. The number of rotatable bonds is 2. The highest BCUT2D eigenvalue weighted by Gasteiger charge is 2.50. The third kappa shape index (κ3) is 0.957. The van der Waals surface area contributed by atoms with Crippen molar-refractivity contribution in [2.24, 2.45) is 23.0 Å². The Hall–Kier alpha value is -0.300. The number of nitrogens with two attached hydrogens (primary N) is 1. The second kappa shape index (κ2) is 2.59. The van der Waals surface area contributed by atoms with Crippen molar-refractivity contribution >= 4 is 0 Å². The second-order valence-corrected chi connectivity index (χ2v) is 4.86. The Kier molecular flexibility index (Phi) is 1.80. The summed E-state index contributed by atoms with van der Waals surface area (Å²) in [5.41, 5.74) is 7.81. The fourth-order valence-corrected chi connectivity index (χ4v) is 2.92. The third-order valence-electron chi connectivity index (χ3n) is 4.02. The molecule has 1 heteroatoms. The van der Waals surface area contributed by atoms with Crippen molar-refractivity contribution in [1.29, 1.82) is 0 Å². The summed E-state index contributed by atoms with van der Waals surface area (Å²) >= 11 is 0. The average molecular weight is 165 g/mol. The second-order valence-electron chi connectivity index (χ2n) is 4.86. The fraction of sp³-hybridized carbons (Fsp3) is 0.818. The molecule has 3 aliphatic carbocycles. The molecule has 0 aromatic carbocycles. The van der Waals surface area contributed by atoms with Crippen LogP contribution in [0.1, 0.15) is 33.1 Å². The van der Waals surface area contributed by atoms with Crippen LogP contribution in [0.15, 0.2) is 11.6 Å². The minimum Gasteiger partial charge on any atom is -0.330 e. The van der Waals surface area contributed by atoms with Crippen LogP contribution in [0.25, 0.3) is 0 Å². The Labute approximate surface area is 75.0 Å². The Morgan fingerprint density at radius 1 is 1.58 bits per heavy atom. The predicted molar refractivity (Wildman–Crippen MR) is 51.7 cm³/mol. The molecule has 0 saturated heterocycles. The normalized spacial score (nSPS) is 37.1. The molecule has 0 radical (unpaired) electrons. The molecule has 0 heterocycles. The zero-order valence-electron chi connectivity index (χ0n) is 8.14.